The van der Waals surface area contributed by atoms with Crippen LogP contribution in [0.2, 0.25) is 0 Å². The number of hydrogen-bond acceptors (Lipinski definition) is 5. The van der Waals surface area contributed by atoms with Crippen molar-refractivity contribution in [1.82, 2.24) is 4.90 Å². The molecule has 6 nitrogen and oxygen atoms in total. The minimum Gasteiger partial charge on any atom is -0.493 e. The molecule has 1 heterocycles. The first-order valence-electron chi connectivity index (χ1n) is 9.07. The summed E-state index contributed by atoms with van der Waals surface area (Å²) in [6.07, 6.45) is 0.262. The van der Waals surface area contributed by atoms with Crippen molar-refractivity contribution in [3.8, 4) is 5.75 Å². The summed E-state index contributed by atoms with van der Waals surface area (Å²) in [5.41, 5.74) is 0.490. The smallest absolute Gasteiger partial charge is 0.410 e. The summed E-state index contributed by atoms with van der Waals surface area (Å²) in [4.78, 5) is 26.3. The molecule has 150 valence electrons. The van der Waals surface area contributed by atoms with Gasteiger partial charge in [-0.2, -0.15) is 0 Å². The largest absolute Gasteiger partial charge is 0.493 e. The van der Waals surface area contributed by atoms with Crippen molar-refractivity contribution < 1.29 is 23.8 Å². The van der Waals surface area contributed by atoms with E-state index in [9.17, 15) is 9.59 Å². The number of benzene rings is 1. The third-order valence-corrected chi connectivity index (χ3v) is 4.66. The number of halogens is 1. The Morgan fingerprint density at radius 2 is 2.00 bits per heavy atom. The fourth-order valence-electron chi connectivity index (χ4n) is 3.19. The van der Waals surface area contributed by atoms with Crippen molar-refractivity contribution in [2.24, 2.45) is 11.8 Å². The second-order valence-corrected chi connectivity index (χ2v) is 8.46. The summed E-state index contributed by atoms with van der Waals surface area (Å²) in [5, 5.41) is 0.759. The predicted molar refractivity (Wildman–Crippen MR) is 106 cm³/mol. The molecular formula is C20H28BrNO5. The van der Waals surface area contributed by atoms with Gasteiger partial charge in [0, 0.05) is 18.4 Å². The van der Waals surface area contributed by atoms with Crippen LogP contribution in [0.5, 0.6) is 5.75 Å². The van der Waals surface area contributed by atoms with Gasteiger partial charge in [-0.3, -0.25) is 4.79 Å². The molecule has 27 heavy (non-hydrogen) atoms. The number of alkyl halides is 1. The lowest BCUT2D eigenvalue weighted by molar-refractivity contribution is -0.146. The number of likely N-dealkylation sites (tertiary alicyclic amines) is 1. The van der Waals surface area contributed by atoms with Gasteiger partial charge in [-0.05, 0) is 50.8 Å². The Bertz CT molecular complexity index is 658. The molecule has 0 saturated carbocycles. The zero-order valence-corrected chi connectivity index (χ0v) is 18.0. The Balaban J connectivity index is 2.10. The molecule has 7 heteroatoms. The van der Waals surface area contributed by atoms with Crippen molar-refractivity contribution in [1.29, 1.82) is 0 Å². The van der Waals surface area contributed by atoms with Crippen LogP contribution in [0.1, 0.15) is 26.3 Å². The van der Waals surface area contributed by atoms with Crippen LogP contribution in [-0.4, -0.2) is 54.7 Å². The van der Waals surface area contributed by atoms with Gasteiger partial charge in [0.1, 0.15) is 11.4 Å². The molecule has 1 saturated heterocycles. The summed E-state index contributed by atoms with van der Waals surface area (Å²) >= 11 is 3.34. The maximum absolute atomic E-state index is 12.4. The average Bonchev–Trinajstić information content (AvgIpc) is 3.02. The minimum absolute atomic E-state index is 0.0311. The van der Waals surface area contributed by atoms with Crippen LogP contribution in [0.25, 0.3) is 0 Å². The number of ether oxygens (including phenoxy) is 3. The first-order chi connectivity index (χ1) is 12.7. The lowest BCUT2D eigenvalue weighted by Crippen LogP contribution is -2.36. The molecule has 0 spiro atoms. The highest BCUT2D eigenvalue weighted by Crippen LogP contribution is 2.30. The Morgan fingerprint density at radius 1 is 1.26 bits per heavy atom. The van der Waals surface area contributed by atoms with Gasteiger partial charge >= 0.3 is 12.1 Å². The van der Waals surface area contributed by atoms with Crippen LogP contribution < -0.4 is 4.74 Å². The van der Waals surface area contributed by atoms with Crippen molar-refractivity contribution in [3.63, 3.8) is 0 Å². The van der Waals surface area contributed by atoms with E-state index in [0.29, 0.717) is 26.1 Å². The third-order valence-electron chi connectivity index (χ3n) is 4.34. The summed E-state index contributed by atoms with van der Waals surface area (Å²) < 4.78 is 16.1. The van der Waals surface area contributed by atoms with E-state index in [1.54, 1.807) is 4.90 Å². The molecule has 0 bridgehead atoms. The molecule has 2 rings (SSSR count). The van der Waals surface area contributed by atoms with Gasteiger partial charge in [-0.25, -0.2) is 4.79 Å². The molecular weight excluding hydrogens is 414 g/mol. The standard InChI is InChI=1S/C20H28BrNO5/c1-20(2,3)27-19(24)22-12-15(17(13-22)18(23)25-4)10-14-6-5-7-16(11-14)26-9-8-21/h5-7,11,15,17H,8-10,12-13H2,1-4H3/t15-,17+/m1/s1. The zero-order valence-electron chi connectivity index (χ0n) is 16.4. The number of carbonyl (C=O) groups is 2. The van der Waals surface area contributed by atoms with Gasteiger partial charge in [0.15, 0.2) is 0 Å². The second kappa shape index (κ2) is 9.44. The normalized spacial score (nSPS) is 19.7. The molecule has 1 aliphatic rings. The van der Waals surface area contributed by atoms with Crippen LogP contribution in [-0.2, 0) is 20.7 Å². The number of carbonyl (C=O) groups excluding carboxylic acids is 2. The first-order valence-corrected chi connectivity index (χ1v) is 10.2. The Labute approximate surface area is 169 Å². The molecule has 0 unspecified atom stereocenters. The van der Waals surface area contributed by atoms with E-state index < -0.39 is 11.7 Å². The van der Waals surface area contributed by atoms with Crippen LogP contribution in [0.4, 0.5) is 4.79 Å². The van der Waals surface area contributed by atoms with E-state index >= 15 is 0 Å². The zero-order chi connectivity index (χ0) is 20.0. The van der Waals surface area contributed by atoms with Crippen molar-refractivity contribution in [3.05, 3.63) is 29.8 Å². The van der Waals surface area contributed by atoms with E-state index in [4.69, 9.17) is 14.2 Å². The SMILES string of the molecule is COC(=O)[C@H]1CN(C(=O)OC(C)(C)C)C[C@H]1Cc1cccc(OCCBr)c1. The minimum atomic E-state index is -0.572. The quantitative estimate of drug-likeness (QED) is 0.497. The first kappa shape index (κ1) is 21.5. The van der Waals surface area contributed by atoms with Crippen molar-refractivity contribution in [2.45, 2.75) is 32.8 Å². The van der Waals surface area contributed by atoms with E-state index in [1.165, 1.54) is 7.11 Å². The van der Waals surface area contributed by atoms with E-state index in [2.05, 4.69) is 15.9 Å². The lowest BCUT2D eigenvalue weighted by Gasteiger charge is -2.24. The van der Waals surface area contributed by atoms with E-state index in [-0.39, 0.29) is 17.8 Å². The fourth-order valence-corrected chi connectivity index (χ4v) is 3.36. The highest BCUT2D eigenvalue weighted by Gasteiger charge is 2.41. The van der Waals surface area contributed by atoms with Crippen molar-refractivity contribution >= 4 is 28.0 Å². The molecule has 2 atom stereocenters. The lowest BCUT2D eigenvalue weighted by atomic mass is 9.89. The number of hydrogen-bond donors (Lipinski definition) is 0. The van der Waals surface area contributed by atoms with Crippen LogP contribution in [0.15, 0.2) is 24.3 Å². The molecule has 0 N–H and O–H groups in total. The van der Waals surface area contributed by atoms with Gasteiger partial charge in [-0.15, -0.1) is 0 Å². The fraction of sp³-hybridized carbons (Fsp3) is 0.600. The molecule has 1 aromatic carbocycles. The number of nitrogens with zero attached hydrogens (tertiary/aromatic N) is 1. The maximum atomic E-state index is 12.4. The van der Waals surface area contributed by atoms with Crippen LogP contribution in [0.3, 0.4) is 0 Å². The Morgan fingerprint density at radius 3 is 2.63 bits per heavy atom. The molecule has 0 aromatic heterocycles. The van der Waals surface area contributed by atoms with Crippen LogP contribution >= 0.6 is 15.9 Å². The van der Waals surface area contributed by atoms with Crippen LogP contribution in [0, 0.1) is 11.8 Å². The second-order valence-electron chi connectivity index (χ2n) is 7.66. The number of methoxy groups -OCH3 is 1. The monoisotopic (exact) mass is 441 g/mol. The highest BCUT2D eigenvalue weighted by atomic mass is 79.9. The topological polar surface area (TPSA) is 65.1 Å². The highest BCUT2D eigenvalue weighted by molar-refractivity contribution is 9.09. The van der Waals surface area contributed by atoms with E-state index in [0.717, 1.165) is 16.6 Å². The maximum Gasteiger partial charge on any atom is 0.410 e. The van der Waals surface area contributed by atoms with E-state index in [1.807, 2.05) is 45.0 Å². The molecule has 1 fully saturated rings. The van der Waals surface area contributed by atoms with Crippen molar-refractivity contribution in [2.75, 3.05) is 32.1 Å². The van der Waals surface area contributed by atoms with Gasteiger partial charge in [0.25, 0.3) is 0 Å². The summed E-state index contributed by atoms with van der Waals surface area (Å²) in [6.45, 7) is 6.84. The Kier molecular flexibility index (Phi) is 7.53. The summed E-state index contributed by atoms with van der Waals surface area (Å²) in [5.74, 6) is 0.104. The molecule has 1 aromatic rings. The molecule has 0 radical (unpaired) electrons. The number of rotatable bonds is 6. The molecule has 1 amide bonds. The Hall–Kier alpha value is -1.76. The summed E-state index contributed by atoms with van der Waals surface area (Å²) in [6, 6.07) is 7.83. The van der Waals surface area contributed by atoms with Gasteiger partial charge in [-0.1, -0.05) is 28.1 Å². The summed E-state index contributed by atoms with van der Waals surface area (Å²) in [7, 11) is 1.38. The number of esters is 1. The van der Waals surface area contributed by atoms with Gasteiger partial charge in [0.05, 0.1) is 19.6 Å². The predicted octanol–water partition coefficient (Wildman–Crippen LogP) is 3.66. The van der Waals surface area contributed by atoms with Gasteiger partial charge in [0.2, 0.25) is 0 Å². The number of amides is 1. The average molecular weight is 442 g/mol. The molecule has 0 aliphatic carbocycles. The van der Waals surface area contributed by atoms with Gasteiger partial charge < -0.3 is 19.1 Å². The third kappa shape index (κ3) is 6.41. The molecule has 1 aliphatic heterocycles.